The molecule has 2 aliphatic rings. The van der Waals surface area contributed by atoms with Crippen molar-refractivity contribution in [3.8, 4) is 0 Å². The van der Waals surface area contributed by atoms with E-state index in [-0.39, 0.29) is 16.9 Å². The van der Waals surface area contributed by atoms with Gasteiger partial charge in [0.05, 0.1) is 18.5 Å². The van der Waals surface area contributed by atoms with E-state index in [1.807, 2.05) is 13.8 Å². The highest BCUT2D eigenvalue weighted by Crippen LogP contribution is 2.80. The van der Waals surface area contributed by atoms with Crippen LogP contribution in [0.5, 0.6) is 0 Å². The third-order valence-electron chi connectivity index (χ3n) is 5.82. The van der Waals surface area contributed by atoms with Crippen molar-refractivity contribution in [3.63, 3.8) is 0 Å². The average Bonchev–Trinajstić information content (AvgIpc) is 3.15. The molecule has 1 aliphatic heterocycles. The molecular formula is C18H26FNOP+. The fraction of sp³-hybridized carbons (Fsp3) is 0.611. The van der Waals surface area contributed by atoms with Gasteiger partial charge in [0.25, 0.3) is 5.91 Å². The SMILES string of the molecule is CC[P+]1(C2(C(=O)Nc3c(C)cc(F)cc3C)CC2)CCCC1. The van der Waals surface area contributed by atoms with Crippen LogP contribution in [0.1, 0.15) is 43.7 Å². The van der Waals surface area contributed by atoms with Gasteiger partial charge in [-0.05, 0) is 56.9 Å². The van der Waals surface area contributed by atoms with E-state index in [9.17, 15) is 9.18 Å². The van der Waals surface area contributed by atoms with Crippen LogP contribution in [0.15, 0.2) is 12.1 Å². The van der Waals surface area contributed by atoms with Crippen molar-refractivity contribution in [1.29, 1.82) is 0 Å². The molecule has 2 fully saturated rings. The zero-order valence-electron chi connectivity index (χ0n) is 13.8. The van der Waals surface area contributed by atoms with E-state index < -0.39 is 7.26 Å². The first kappa shape index (κ1) is 15.9. The second-order valence-electron chi connectivity index (χ2n) is 7.02. The lowest BCUT2D eigenvalue weighted by molar-refractivity contribution is -0.116. The predicted octanol–water partition coefficient (Wildman–Crippen LogP) is 4.74. The summed E-state index contributed by atoms with van der Waals surface area (Å²) in [6.45, 7) is 6.01. The number of rotatable bonds is 4. The van der Waals surface area contributed by atoms with E-state index in [4.69, 9.17) is 0 Å². The molecule has 0 spiro atoms. The van der Waals surface area contributed by atoms with Gasteiger partial charge in [-0.15, -0.1) is 0 Å². The average molecular weight is 322 g/mol. The maximum atomic E-state index is 13.4. The van der Waals surface area contributed by atoms with E-state index in [0.717, 1.165) is 29.7 Å². The first-order valence-electron chi connectivity index (χ1n) is 8.38. The number of hydrogen-bond donors (Lipinski definition) is 1. The molecule has 0 unspecified atom stereocenters. The lowest BCUT2D eigenvalue weighted by Gasteiger charge is -2.30. The zero-order chi connectivity index (χ0) is 16.0. The first-order chi connectivity index (χ1) is 10.4. The Kier molecular flexibility index (Phi) is 4.05. The van der Waals surface area contributed by atoms with Crippen LogP contribution in [-0.2, 0) is 4.79 Å². The molecule has 1 saturated carbocycles. The smallest absolute Gasteiger partial charge is 0.268 e. The highest BCUT2D eigenvalue weighted by Gasteiger charge is 2.70. The van der Waals surface area contributed by atoms with Crippen LogP contribution in [0.2, 0.25) is 0 Å². The number of aryl methyl sites for hydroxylation is 2. The van der Waals surface area contributed by atoms with Gasteiger partial charge in [0.1, 0.15) is 5.82 Å². The van der Waals surface area contributed by atoms with Gasteiger partial charge in [-0.1, -0.05) is 0 Å². The second kappa shape index (κ2) is 5.60. The summed E-state index contributed by atoms with van der Waals surface area (Å²) in [4.78, 5) is 13.1. The van der Waals surface area contributed by atoms with Gasteiger partial charge in [0, 0.05) is 25.8 Å². The molecule has 1 N–H and O–H groups in total. The maximum Gasteiger partial charge on any atom is 0.268 e. The summed E-state index contributed by atoms with van der Waals surface area (Å²) in [7, 11) is -1.14. The summed E-state index contributed by atoms with van der Waals surface area (Å²) < 4.78 is 13.4. The Hall–Kier alpha value is -0.950. The molecule has 120 valence electrons. The normalized spacial score (nSPS) is 21.6. The molecule has 2 nitrogen and oxygen atoms in total. The van der Waals surface area contributed by atoms with Gasteiger partial charge in [-0.2, -0.15) is 0 Å². The number of nitrogens with one attached hydrogen (secondary N) is 1. The lowest BCUT2D eigenvalue weighted by atomic mass is 10.1. The Bertz CT molecular complexity index is 580. The Labute approximate surface area is 133 Å². The molecule has 0 atom stereocenters. The van der Waals surface area contributed by atoms with Crippen LogP contribution < -0.4 is 5.32 Å². The molecule has 0 radical (unpaired) electrons. The molecular weight excluding hydrogens is 296 g/mol. The second-order valence-corrected chi connectivity index (χ2v) is 11.7. The van der Waals surface area contributed by atoms with Crippen LogP contribution >= 0.6 is 7.26 Å². The van der Waals surface area contributed by atoms with Crippen molar-refractivity contribution in [2.75, 3.05) is 23.8 Å². The summed E-state index contributed by atoms with van der Waals surface area (Å²) in [5.41, 5.74) is 2.44. The highest BCUT2D eigenvalue weighted by atomic mass is 31.2. The van der Waals surface area contributed by atoms with Gasteiger partial charge < -0.3 is 5.32 Å². The number of hydrogen-bond acceptors (Lipinski definition) is 1. The number of carbonyl (C=O) groups is 1. The van der Waals surface area contributed by atoms with Crippen LogP contribution in [0.3, 0.4) is 0 Å². The van der Waals surface area contributed by atoms with Crippen molar-refractivity contribution < 1.29 is 9.18 Å². The maximum absolute atomic E-state index is 13.4. The van der Waals surface area contributed by atoms with Crippen molar-refractivity contribution in [3.05, 3.63) is 29.1 Å². The Morgan fingerprint density at radius 2 is 1.77 bits per heavy atom. The van der Waals surface area contributed by atoms with Crippen molar-refractivity contribution in [1.82, 2.24) is 0 Å². The molecule has 1 heterocycles. The van der Waals surface area contributed by atoms with Gasteiger partial charge in [-0.3, -0.25) is 4.79 Å². The first-order valence-corrected chi connectivity index (χ1v) is 10.7. The topological polar surface area (TPSA) is 29.1 Å². The minimum atomic E-state index is -1.14. The highest BCUT2D eigenvalue weighted by molar-refractivity contribution is 7.78. The molecule has 22 heavy (non-hydrogen) atoms. The molecule has 4 heteroatoms. The molecule has 1 amide bonds. The van der Waals surface area contributed by atoms with Crippen LogP contribution in [0.25, 0.3) is 0 Å². The van der Waals surface area contributed by atoms with Gasteiger partial charge >= 0.3 is 0 Å². The monoisotopic (exact) mass is 322 g/mol. The Balaban J connectivity index is 1.86. The van der Waals surface area contributed by atoms with Crippen molar-refractivity contribution in [2.45, 2.75) is 51.6 Å². The minimum absolute atomic E-state index is 0.0640. The summed E-state index contributed by atoms with van der Waals surface area (Å²) in [6.07, 6.45) is 8.48. The minimum Gasteiger partial charge on any atom is -0.322 e. The third-order valence-corrected chi connectivity index (χ3v) is 11.8. The lowest BCUT2D eigenvalue weighted by Crippen LogP contribution is -2.34. The van der Waals surface area contributed by atoms with Gasteiger partial charge in [0.2, 0.25) is 0 Å². The van der Waals surface area contributed by atoms with Gasteiger partial charge in [0.15, 0.2) is 5.16 Å². The largest absolute Gasteiger partial charge is 0.322 e. The molecule has 3 rings (SSSR count). The number of benzene rings is 1. The molecule has 0 bridgehead atoms. The number of amides is 1. The van der Waals surface area contributed by atoms with Crippen LogP contribution in [0.4, 0.5) is 10.1 Å². The Morgan fingerprint density at radius 1 is 1.23 bits per heavy atom. The zero-order valence-corrected chi connectivity index (χ0v) is 14.7. The van der Waals surface area contributed by atoms with Gasteiger partial charge in [-0.25, -0.2) is 4.39 Å². The van der Waals surface area contributed by atoms with Crippen molar-refractivity contribution in [2.24, 2.45) is 0 Å². The Morgan fingerprint density at radius 3 is 2.23 bits per heavy atom. The van der Waals surface area contributed by atoms with E-state index in [2.05, 4.69) is 12.2 Å². The van der Waals surface area contributed by atoms with Crippen LogP contribution in [-0.4, -0.2) is 29.5 Å². The van der Waals surface area contributed by atoms with Crippen LogP contribution in [0, 0.1) is 19.7 Å². The fourth-order valence-electron chi connectivity index (χ4n) is 4.36. The van der Waals surface area contributed by atoms with Crippen molar-refractivity contribution >= 4 is 18.9 Å². The summed E-state index contributed by atoms with van der Waals surface area (Å²) in [6, 6.07) is 3.00. The fourth-order valence-corrected chi connectivity index (χ4v) is 9.88. The summed E-state index contributed by atoms with van der Waals surface area (Å²) in [5, 5.41) is 3.10. The number of anilines is 1. The molecule has 1 aromatic carbocycles. The molecule has 1 aliphatic carbocycles. The van der Waals surface area contributed by atoms with E-state index in [0.29, 0.717) is 0 Å². The standard InChI is InChI=1S/C18H25FNOP/c1-4-22(9-5-6-10-22)18(7-8-18)17(21)20-16-13(2)11-15(19)12-14(16)3/h11-12H,4-10H2,1-3H3/p+1. The number of halogens is 1. The van der Waals surface area contributed by atoms with E-state index in [1.54, 1.807) is 0 Å². The summed E-state index contributed by atoms with van der Waals surface area (Å²) in [5.74, 6) is -0.0233. The molecule has 0 aromatic heterocycles. The predicted molar refractivity (Wildman–Crippen MR) is 92.9 cm³/mol. The number of carbonyl (C=O) groups excluding carboxylic acids is 1. The molecule has 1 saturated heterocycles. The van der Waals surface area contributed by atoms with E-state index >= 15 is 0 Å². The third kappa shape index (κ3) is 2.38. The quantitative estimate of drug-likeness (QED) is 0.797. The summed E-state index contributed by atoms with van der Waals surface area (Å²) >= 11 is 0. The molecule has 1 aromatic rings. The van der Waals surface area contributed by atoms with E-state index in [1.165, 1.54) is 43.5 Å².